The molecule has 0 saturated carbocycles. The first-order valence-electron chi connectivity index (χ1n) is 7.37. The molecule has 0 amide bonds. The van der Waals surface area contributed by atoms with E-state index in [2.05, 4.69) is 35.7 Å². The Hall–Kier alpha value is -2.39. The zero-order valence-corrected chi connectivity index (χ0v) is 12.7. The highest BCUT2D eigenvalue weighted by molar-refractivity contribution is 5.81. The molecule has 114 valence electrons. The molecule has 0 N–H and O–H groups in total. The number of hydrogen-bond donors (Lipinski definition) is 0. The van der Waals surface area contributed by atoms with Crippen LogP contribution in [-0.4, -0.2) is 24.0 Å². The van der Waals surface area contributed by atoms with Crippen LogP contribution < -0.4 is 0 Å². The van der Waals surface area contributed by atoms with Gasteiger partial charge in [-0.3, -0.25) is 4.90 Å². The molecule has 0 saturated heterocycles. The molecule has 0 aliphatic rings. The van der Waals surface area contributed by atoms with Gasteiger partial charge in [0.15, 0.2) is 0 Å². The molecule has 0 radical (unpaired) electrons. The first-order chi connectivity index (χ1) is 10.8. The number of esters is 1. The number of benzene rings is 2. The van der Waals surface area contributed by atoms with Crippen LogP contribution in [0.25, 0.3) is 0 Å². The summed E-state index contributed by atoms with van der Waals surface area (Å²) in [5, 5.41) is 0. The average Bonchev–Trinajstić information content (AvgIpc) is 2.56. The summed E-state index contributed by atoms with van der Waals surface area (Å²) in [5.74, 6) is -0.376. The van der Waals surface area contributed by atoms with Gasteiger partial charge in [-0.05, 0) is 11.1 Å². The molecule has 3 heteroatoms. The lowest BCUT2D eigenvalue weighted by molar-refractivity contribution is -0.138. The van der Waals surface area contributed by atoms with Crippen molar-refractivity contribution in [3.8, 4) is 0 Å². The summed E-state index contributed by atoms with van der Waals surface area (Å²) in [5.41, 5.74) is 2.49. The molecule has 2 aromatic carbocycles. The predicted molar refractivity (Wildman–Crippen MR) is 88.2 cm³/mol. The van der Waals surface area contributed by atoms with Crippen LogP contribution >= 0.6 is 0 Å². The van der Waals surface area contributed by atoms with E-state index in [0.717, 1.165) is 13.1 Å². The topological polar surface area (TPSA) is 29.5 Å². The van der Waals surface area contributed by atoms with Crippen LogP contribution in [0.4, 0.5) is 0 Å². The average molecular weight is 295 g/mol. The second-order valence-corrected chi connectivity index (χ2v) is 5.05. The minimum atomic E-state index is -0.376. The Morgan fingerprint density at radius 1 is 0.955 bits per heavy atom. The lowest BCUT2D eigenvalue weighted by Gasteiger charge is -2.22. The monoisotopic (exact) mass is 295 g/mol. The van der Waals surface area contributed by atoms with Gasteiger partial charge in [0.1, 0.15) is 6.61 Å². The van der Waals surface area contributed by atoms with Crippen molar-refractivity contribution in [1.82, 2.24) is 4.90 Å². The zero-order valence-electron chi connectivity index (χ0n) is 12.7. The normalized spacial score (nSPS) is 10.4. The van der Waals surface area contributed by atoms with Crippen molar-refractivity contribution in [2.24, 2.45) is 0 Å². The van der Waals surface area contributed by atoms with Gasteiger partial charge in [-0.25, -0.2) is 4.79 Å². The fourth-order valence-electron chi connectivity index (χ4n) is 2.23. The van der Waals surface area contributed by atoms with Crippen molar-refractivity contribution < 1.29 is 9.53 Å². The second-order valence-electron chi connectivity index (χ2n) is 5.05. The van der Waals surface area contributed by atoms with Crippen LogP contribution in [-0.2, 0) is 22.6 Å². The maximum Gasteiger partial charge on any atom is 0.330 e. The molecular weight excluding hydrogens is 274 g/mol. The summed E-state index contributed by atoms with van der Waals surface area (Å²) in [6.07, 6.45) is 1.19. The van der Waals surface area contributed by atoms with Crippen LogP contribution in [0.1, 0.15) is 11.1 Å². The maximum atomic E-state index is 11.2. The Labute approximate surface area is 131 Å². The van der Waals surface area contributed by atoms with E-state index in [-0.39, 0.29) is 5.97 Å². The highest BCUT2D eigenvalue weighted by atomic mass is 16.5. The molecule has 0 heterocycles. The molecule has 0 atom stereocenters. The Morgan fingerprint density at radius 2 is 1.45 bits per heavy atom. The third kappa shape index (κ3) is 5.54. The van der Waals surface area contributed by atoms with Crippen LogP contribution in [0.2, 0.25) is 0 Å². The smallest absolute Gasteiger partial charge is 0.330 e. The molecule has 2 aromatic rings. The van der Waals surface area contributed by atoms with Gasteiger partial charge in [0.05, 0.1) is 0 Å². The zero-order chi connectivity index (χ0) is 15.6. The summed E-state index contributed by atoms with van der Waals surface area (Å²) in [6.45, 7) is 6.10. The summed E-state index contributed by atoms with van der Waals surface area (Å²) < 4.78 is 5.10. The summed E-state index contributed by atoms with van der Waals surface area (Å²) in [6, 6.07) is 20.6. The van der Waals surface area contributed by atoms with Crippen LogP contribution in [0.15, 0.2) is 73.3 Å². The summed E-state index contributed by atoms with van der Waals surface area (Å²) in [7, 11) is 0. The van der Waals surface area contributed by atoms with E-state index in [0.29, 0.717) is 13.2 Å². The SMILES string of the molecule is C=CC(=O)OCCN(Cc1ccccc1)Cc1ccccc1. The Kier molecular flexibility index (Phi) is 6.39. The Morgan fingerprint density at radius 3 is 1.91 bits per heavy atom. The van der Waals surface area contributed by atoms with E-state index < -0.39 is 0 Å². The highest BCUT2D eigenvalue weighted by Crippen LogP contribution is 2.09. The Bertz CT molecular complexity index is 539. The van der Waals surface area contributed by atoms with Crippen molar-refractivity contribution in [2.75, 3.05) is 13.2 Å². The van der Waals surface area contributed by atoms with Gasteiger partial charge in [0.25, 0.3) is 0 Å². The van der Waals surface area contributed by atoms with Gasteiger partial charge < -0.3 is 4.74 Å². The van der Waals surface area contributed by atoms with Crippen molar-refractivity contribution in [3.63, 3.8) is 0 Å². The fourth-order valence-corrected chi connectivity index (χ4v) is 2.23. The number of carbonyl (C=O) groups is 1. The highest BCUT2D eigenvalue weighted by Gasteiger charge is 2.08. The van der Waals surface area contributed by atoms with Crippen molar-refractivity contribution >= 4 is 5.97 Å². The van der Waals surface area contributed by atoms with Crippen molar-refractivity contribution in [1.29, 1.82) is 0 Å². The minimum absolute atomic E-state index is 0.366. The number of carbonyl (C=O) groups excluding carboxylic acids is 1. The molecule has 0 aromatic heterocycles. The molecule has 22 heavy (non-hydrogen) atoms. The van der Waals surface area contributed by atoms with Gasteiger partial charge in [-0.2, -0.15) is 0 Å². The molecule has 0 bridgehead atoms. The van der Waals surface area contributed by atoms with Crippen LogP contribution in [0.5, 0.6) is 0 Å². The summed E-state index contributed by atoms with van der Waals surface area (Å²) in [4.78, 5) is 13.4. The number of rotatable bonds is 8. The second kappa shape index (κ2) is 8.80. The Balaban J connectivity index is 1.96. The van der Waals surface area contributed by atoms with Crippen LogP contribution in [0, 0.1) is 0 Å². The molecule has 0 fully saturated rings. The summed E-state index contributed by atoms with van der Waals surface area (Å²) >= 11 is 0. The fraction of sp³-hybridized carbons (Fsp3) is 0.211. The first-order valence-corrected chi connectivity index (χ1v) is 7.37. The number of ether oxygens (including phenoxy) is 1. The van der Waals surface area contributed by atoms with E-state index in [1.165, 1.54) is 17.2 Å². The molecule has 2 rings (SSSR count). The molecule has 0 aliphatic heterocycles. The third-order valence-corrected chi connectivity index (χ3v) is 3.32. The quantitative estimate of drug-likeness (QED) is 0.552. The van der Waals surface area contributed by atoms with Gasteiger partial charge in [0.2, 0.25) is 0 Å². The lowest BCUT2D eigenvalue weighted by Crippen LogP contribution is -2.27. The molecule has 0 unspecified atom stereocenters. The van der Waals surface area contributed by atoms with Crippen LogP contribution in [0.3, 0.4) is 0 Å². The largest absolute Gasteiger partial charge is 0.461 e. The van der Waals surface area contributed by atoms with Crippen molar-refractivity contribution in [3.05, 3.63) is 84.4 Å². The molecule has 3 nitrogen and oxygen atoms in total. The van der Waals surface area contributed by atoms with E-state index in [9.17, 15) is 4.79 Å². The number of hydrogen-bond acceptors (Lipinski definition) is 3. The molecule has 0 spiro atoms. The van der Waals surface area contributed by atoms with Crippen molar-refractivity contribution in [2.45, 2.75) is 13.1 Å². The van der Waals surface area contributed by atoms with E-state index in [4.69, 9.17) is 4.74 Å². The molecular formula is C19H21NO2. The maximum absolute atomic E-state index is 11.2. The van der Waals surface area contributed by atoms with Gasteiger partial charge in [0, 0.05) is 25.7 Å². The van der Waals surface area contributed by atoms with E-state index in [1.807, 2.05) is 36.4 Å². The third-order valence-electron chi connectivity index (χ3n) is 3.32. The molecule has 0 aliphatic carbocycles. The van der Waals surface area contributed by atoms with Gasteiger partial charge in [-0.15, -0.1) is 0 Å². The van der Waals surface area contributed by atoms with Gasteiger partial charge >= 0.3 is 5.97 Å². The standard InChI is InChI=1S/C19H21NO2/c1-2-19(21)22-14-13-20(15-17-9-5-3-6-10-17)16-18-11-7-4-8-12-18/h2-12H,1,13-16H2. The first kappa shape index (κ1) is 16.0. The predicted octanol–water partition coefficient (Wildman–Crippen LogP) is 3.42. The number of nitrogens with zero attached hydrogens (tertiary/aromatic N) is 1. The van der Waals surface area contributed by atoms with Gasteiger partial charge in [-0.1, -0.05) is 67.2 Å². The van der Waals surface area contributed by atoms with E-state index in [1.54, 1.807) is 0 Å². The lowest BCUT2D eigenvalue weighted by atomic mass is 10.1. The van der Waals surface area contributed by atoms with E-state index >= 15 is 0 Å². The minimum Gasteiger partial charge on any atom is -0.461 e.